The van der Waals surface area contributed by atoms with Gasteiger partial charge in [-0.25, -0.2) is 0 Å². The van der Waals surface area contributed by atoms with Crippen molar-refractivity contribution in [2.75, 3.05) is 6.61 Å². The van der Waals surface area contributed by atoms with Gasteiger partial charge in [-0.1, -0.05) is 13.8 Å². The Labute approximate surface area is 96.3 Å². The highest BCUT2D eigenvalue weighted by molar-refractivity contribution is 7.10. The molecule has 86 valence electrons. The Kier molecular flexibility index (Phi) is 5.29. The lowest BCUT2D eigenvalue weighted by molar-refractivity contribution is 0.231. The first-order chi connectivity index (χ1) is 7.22. The van der Waals surface area contributed by atoms with Gasteiger partial charge in [0.1, 0.15) is 0 Å². The molecule has 1 atom stereocenters. The van der Waals surface area contributed by atoms with Crippen LogP contribution in [-0.4, -0.2) is 17.8 Å². The summed E-state index contributed by atoms with van der Waals surface area (Å²) in [7, 11) is 0. The SMILES string of the molecule is CCC(CC)NC(CO)c1sccc1C. The molecule has 1 heterocycles. The summed E-state index contributed by atoms with van der Waals surface area (Å²) < 4.78 is 0. The van der Waals surface area contributed by atoms with Gasteiger partial charge in [0.2, 0.25) is 0 Å². The summed E-state index contributed by atoms with van der Waals surface area (Å²) in [4.78, 5) is 1.27. The molecule has 1 unspecified atom stereocenters. The van der Waals surface area contributed by atoms with E-state index in [2.05, 4.69) is 37.5 Å². The van der Waals surface area contributed by atoms with Crippen molar-refractivity contribution in [3.63, 3.8) is 0 Å². The smallest absolute Gasteiger partial charge is 0.0654 e. The second kappa shape index (κ2) is 6.26. The second-order valence-corrected chi connectivity index (χ2v) is 4.83. The highest BCUT2D eigenvalue weighted by atomic mass is 32.1. The van der Waals surface area contributed by atoms with Gasteiger partial charge in [-0.2, -0.15) is 0 Å². The summed E-state index contributed by atoms with van der Waals surface area (Å²) in [6.45, 7) is 6.63. The summed E-state index contributed by atoms with van der Waals surface area (Å²) in [5.74, 6) is 0. The van der Waals surface area contributed by atoms with E-state index in [0.29, 0.717) is 6.04 Å². The molecule has 0 amide bonds. The molecule has 0 radical (unpaired) electrons. The van der Waals surface area contributed by atoms with Gasteiger partial charge in [-0.3, -0.25) is 0 Å². The van der Waals surface area contributed by atoms with Crippen LogP contribution < -0.4 is 5.32 Å². The Hall–Kier alpha value is -0.380. The summed E-state index contributed by atoms with van der Waals surface area (Å²) in [5.41, 5.74) is 1.28. The maximum absolute atomic E-state index is 9.41. The van der Waals surface area contributed by atoms with Gasteiger partial charge in [0, 0.05) is 10.9 Å². The van der Waals surface area contributed by atoms with Crippen molar-refractivity contribution in [2.24, 2.45) is 0 Å². The second-order valence-electron chi connectivity index (χ2n) is 3.88. The lowest BCUT2D eigenvalue weighted by Crippen LogP contribution is -2.33. The lowest BCUT2D eigenvalue weighted by atomic mass is 10.1. The highest BCUT2D eigenvalue weighted by Gasteiger charge is 2.16. The third-order valence-electron chi connectivity index (χ3n) is 2.82. The van der Waals surface area contributed by atoms with Crippen LogP contribution in [0.1, 0.15) is 43.2 Å². The number of aliphatic hydroxyl groups is 1. The molecule has 3 heteroatoms. The first kappa shape index (κ1) is 12.7. The first-order valence-corrected chi connectivity index (χ1v) is 6.51. The molecule has 15 heavy (non-hydrogen) atoms. The Bertz CT molecular complexity index is 281. The standard InChI is InChI=1S/C12H21NOS/c1-4-10(5-2)13-11(8-14)12-9(3)6-7-15-12/h6-7,10-11,13-14H,4-5,8H2,1-3H3. The molecule has 0 aromatic carbocycles. The number of aliphatic hydroxyl groups excluding tert-OH is 1. The van der Waals surface area contributed by atoms with Crippen molar-refractivity contribution in [1.29, 1.82) is 0 Å². The zero-order chi connectivity index (χ0) is 11.3. The van der Waals surface area contributed by atoms with Crippen LogP contribution in [0, 0.1) is 6.92 Å². The largest absolute Gasteiger partial charge is 0.394 e. The maximum atomic E-state index is 9.41. The van der Waals surface area contributed by atoms with Crippen molar-refractivity contribution in [3.8, 4) is 0 Å². The quantitative estimate of drug-likeness (QED) is 0.783. The van der Waals surface area contributed by atoms with Gasteiger partial charge >= 0.3 is 0 Å². The van der Waals surface area contributed by atoms with E-state index in [9.17, 15) is 5.11 Å². The molecule has 1 aromatic heterocycles. The molecule has 2 nitrogen and oxygen atoms in total. The number of aryl methyl sites for hydroxylation is 1. The fourth-order valence-corrected chi connectivity index (χ4v) is 2.74. The van der Waals surface area contributed by atoms with Gasteiger partial charge in [0.25, 0.3) is 0 Å². The highest BCUT2D eigenvalue weighted by Crippen LogP contribution is 2.24. The molecule has 0 spiro atoms. The van der Waals surface area contributed by atoms with Crippen molar-refractivity contribution in [1.82, 2.24) is 5.32 Å². The fraction of sp³-hybridized carbons (Fsp3) is 0.667. The van der Waals surface area contributed by atoms with E-state index in [-0.39, 0.29) is 12.6 Å². The number of nitrogens with one attached hydrogen (secondary N) is 1. The maximum Gasteiger partial charge on any atom is 0.0654 e. The normalized spacial score (nSPS) is 13.4. The Balaban J connectivity index is 2.68. The van der Waals surface area contributed by atoms with E-state index in [1.807, 2.05) is 0 Å². The van der Waals surface area contributed by atoms with Crippen molar-refractivity contribution in [2.45, 2.75) is 45.7 Å². The minimum Gasteiger partial charge on any atom is -0.394 e. The first-order valence-electron chi connectivity index (χ1n) is 5.63. The average Bonchev–Trinajstić information content (AvgIpc) is 2.67. The van der Waals surface area contributed by atoms with Gasteiger partial charge in [-0.05, 0) is 36.8 Å². The molecule has 0 aliphatic rings. The molecule has 0 saturated heterocycles. The Morgan fingerprint density at radius 3 is 2.47 bits per heavy atom. The van der Waals surface area contributed by atoms with Crippen molar-refractivity contribution < 1.29 is 5.11 Å². The van der Waals surface area contributed by atoms with E-state index in [4.69, 9.17) is 0 Å². The van der Waals surface area contributed by atoms with Crippen LogP contribution in [0.2, 0.25) is 0 Å². The number of hydrogen-bond donors (Lipinski definition) is 2. The molecule has 2 N–H and O–H groups in total. The van der Waals surface area contributed by atoms with E-state index in [0.717, 1.165) is 12.8 Å². The van der Waals surface area contributed by atoms with Crippen LogP contribution >= 0.6 is 11.3 Å². The molecular formula is C12H21NOS. The van der Waals surface area contributed by atoms with Crippen LogP contribution in [0.3, 0.4) is 0 Å². The van der Waals surface area contributed by atoms with Gasteiger partial charge < -0.3 is 10.4 Å². The van der Waals surface area contributed by atoms with Crippen molar-refractivity contribution >= 4 is 11.3 Å². The van der Waals surface area contributed by atoms with Gasteiger partial charge in [0.05, 0.1) is 12.6 Å². The molecule has 0 aliphatic heterocycles. The summed E-state index contributed by atoms with van der Waals surface area (Å²) in [6, 6.07) is 2.72. The van der Waals surface area contributed by atoms with Crippen LogP contribution in [0.15, 0.2) is 11.4 Å². The molecule has 0 fully saturated rings. The Morgan fingerprint density at radius 1 is 1.40 bits per heavy atom. The van der Waals surface area contributed by atoms with E-state index >= 15 is 0 Å². The van der Waals surface area contributed by atoms with Crippen LogP contribution in [0.25, 0.3) is 0 Å². The minimum absolute atomic E-state index is 0.106. The van der Waals surface area contributed by atoms with Crippen LogP contribution in [0.4, 0.5) is 0 Å². The molecule has 0 saturated carbocycles. The van der Waals surface area contributed by atoms with E-state index in [1.165, 1.54) is 10.4 Å². The number of hydrogen-bond acceptors (Lipinski definition) is 3. The number of rotatable bonds is 6. The predicted octanol–water partition coefficient (Wildman–Crippen LogP) is 2.87. The van der Waals surface area contributed by atoms with E-state index in [1.54, 1.807) is 11.3 Å². The Morgan fingerprint density at radius 2 is 2.07 bits per heavy atom. The van der Waals surface area contributed by atoms with Gasteiger partial charge in [0.15, 0.2) is 0 Å². The van der Waals surface area contributed by atoms with Crippen LogP contribution in [0.5, 0.6) is 0 Å². The monoisotopic (exact) mass is 227 g/mol. The van der Waals surface area contributed by atoms with Crippen LogP contribution in [-0.2, 0) is 0 Å². The topological polar surface area (TPSA) is 32.3 Å². The summed E-state index contributed by atoms with van der Waals surface area (Å²) >= 11 is 1.72. The average molecular weight is 227 g/mol. The van der Waals surface area contributed by atoms with Crippen molar-refractivity contribution in [3.05, 3.63) is 21.9 Å². The number of thiophene rings is 1. The third-order valence-corrected chi connectivity index (χ3v) is 3.96. The molecule has 1 rings (SSSR count). The summed E-state index contributed by atoms with van der Waals surface area (Å²) in [5, 5.41) is 15.0. The zero-order valence-corrected chi connectivity index (χ0v) is 10.6. The lowest BCUT2D eigenvalue weighted by Gasteiger charge is -2.22. The predicted molar refractivity (Wildman–Crippen MR) is 66.4 cm³/mol. The fourth-order valence-electron chi connectivity index (χ4n) is 1.76. The van der Waals surface area contributed by atoms with E-state index < -0.39 is 0 Å². The molecule has 1 aromatic rings. The minimum atomic E-state index is 0.106. The van der Waals surface area contributed by atoms with Gasteiger partial charge in [-0.15, -0.1) is 11.3 Å². The molecular weight excluding hydrogens is 206 g/mol. The summed E-state index contributed by atoms with van der Waals surface area (Å²) in [6.07, 6.45) is 2.22. The molecule has 0 aliphatic carbocycles. The zero-order valence-electron chi connectivity index (χ0n) is 9.79. The third kappa shape index (κ3) is 3.30. The molecule has 0 bridgehead atoms.